The van der Waals surface area contributed by atoms with Crippen LogP contribution in [0.2, 0.25) is 0 Å². The topological polar surface area (TPSA) is 59.3 Å². The third-order valence-corrected chi connectivity index (χ3v) is 5.94. The van der Waals surface area contributed by atoms with Crippen molar-refractivity contribution in [1.29, 1.82) is 0 Å². The summed E-state index contributed by atoms with van der Waals surface area (Å²) in [6, 6.07) is 12.1. The molecule has 0 atom stereocenters. The first-order valence-electron chi connectivity index (χ1n) is 9.38. The van der Waals surface area contributed by atoms with Crippen LogP contribution in [0.4, 0.5) is 5.69 Å². The van der Waals surface area contributed by atoms with E-state index in [1.165, 1.54) is 22.9 Å². The Kier molecular flexibility index (Phi) is 5.11. The van der Waals surface area contributed by atoms with E-state index in [0.717, 1.165) is 28.3 Å². The van der Waals surface area contributed by atoms with Crippen LogP contribution in [-0.2, 0) is 4.79 Å². The SMILES string of the molecule is Cc1ccc(N=C2NC(=O)/C(=C/c3cc(C)n(-c4cccnc4)c3C)S2)cc1C. The highest BCUT2D eigenvalue weighted by atomic mass is 32.2. The number of hydrogen-bond donors (Lipinski definition) is 1. The molecule has 2 aromatic heterocycles. The van der Waals surface area contributed by atoms with Crippen LogP contribution in [0.25, 0.3) is 11.8 Å². The van der Waals surface area contributed by atoms with E-state index < -0.39 is 0 Å². The van der Waals surface area contributed by atoms with Crippen LogP contribution in [0.1, 0.15) is 28.1 Å². The van der Waals surface area contributed by atoms with Crippen molar-refractivity contribution in [3.8, 4) is 5.69 Å². The molecular formula is C23H22N4OS. The van der Waals surface area contributed by atoms with Crippen LogP contribution in [0.15, 0.2) is 58.7 Å². The van der Waals surface area contributed by atoms with Crippen molar-refractivity contribution in [2.45, 2.75) is 27.7 Å². The second kappa shape index (κ2) is 7.72. The normalized spacial score (nSPS) is 16.6. The van der Waals surface area contributed by atoms with Gasteiger partial charge in [0.15, 0.2) is 5.17 Å². The first-order chi connectivity index (χ1) is 13.9. The lowest BCUT2D eigenvalue weighted by molar-refractivity contribution is -0.115. The van der Waals surface area contributed by atoms with E-state index in [2.05, 4.69) is 46.7 Å². The zero-order valence-corrected chi connectivity index (χ0v) is 17.7. The molecular weight excluding hydrogens is 380 g/mol. The van der Waals surface area contributed by atoms with Crippen molar-refractivity contribution >= 4 is 34.6 Å². The minimum atomic E-state index is -0.122. The predicted molar refractivity (Wildman–Crippen MR) is 120 cm³/mol. The monoisotopic (exact) mass is 402 g/mol. The van der Waals surface area contributed by atoms with E-state index >= 15 is 0 Å². The van der Waals surface area contributed by atoms with Gasteiger partial charge in [-0.05, 0) is 92.6 Å². The molecule has 3 aromatic rings. The molecule has 3 heterocycles. The molecule has 0 unspecified atom stereocenters. The second-order valence-electron chi connectivity index (χ2n) is 7.12. The number of hydrogen-bond acceptors (Lipinski definition) is 4. The molecule has 0 bridgehead atoms. The van der Waals surface area contributed by atoms with Gasteiger partial charge in [0, 0.05) is 17.6 Å². The van der Waals surface area contributed by atoms with Crippen molar-refractivity contribution in [2.75, 3.05) is 0 Å². The molecule has 0 spiro atoms. The van der Waals surface area contributed by atoms with Gasteiger partial charge in [-0.25, -0.2) is 4.99 Å². The molecule has 0 radical (unpaired) electrons. The molecule has 1 N–H and O–H groups in total. The Balaban J connectivity index is 1.63. The maximum atomic E-state index is 12.5. The molecule has 1 saturated heterocycles. The summed E-state index contributed by atoms with van der Waals surface area (Å²) < 4.78 is 2.14. The van der Waals surface area contributed by atoms with E-state index in [9.17, 15) is 4.79 Å². The summed E-state index contributed by atoms with van der Waals surface area (Å²) >= 11 is 1.37. The molecule has 1 amide bonds. The molecule has 4 rings (SSSR count). The van der Waals surface area contributed by atoms with Gasteiger partial charge < -0.3 is 9.88 Å². The number of thioether (sulfide) groups is 1. The summed E-state index contributed by atoms with van der Waals surface area (Å²) in [5.74, 6) is -0.122. The number of pyridine rings is 1. The van der Waals surface area contributed by atoms with Crippen LogP contribution >= 0.6 is 11.8 Å². The number of amidine groups is 1. The number of aryl methyl sites for hydroxylation is 3. The second-order valence-corrected chi connectivity index (χ2v) is 8.15. The Morgan fingerprint density at radius 1 is 1.10 bits per heavy atom. The molecule has 1 aliphatic heterocycles. The predicted octanol–water partition coefficient (Wildman–Crippen LogP) is 5.00. The standard InChI is InChI=1S/C23H22N4OS/c1-14-7-8-19(10-15(14)2)25-23-26-22(28)21(29-23)12-18-11-16(3)27(17(18)4)20-6-5-9-24-13-20/h5-13H,1-4H3,(H,25,26,28)/b21-12-. The molecule has 5 nitrogen and oxygen atoms in total. The van der Waals surface area contributed by atoms with E-state index in [4.69, 9.17) is 0 Å². The Bertz CT molecular complexity index is 1160. The number of aromatic nitrogens is 2. The van der Waals surface area contributed by atoms with Crippen molar-refractivity contribution in [3.63, 3.8) is 0 Å². The lowest BCUT2D eigenvalue weighted by Gasteiger charge is -2.08. The third kappa shape index (κ3) is 3.89. The molecule has 146 valence electrons. The molecule has 0 saturated carbocycles. The maximum Gasteiger partial charge on any atom is 0.264 e. The van der Waals surface area contributed by atoms with Gasteiger partial charge in [-0.15, -0.1) is 0 Å². The molecule has 0 aliphatic carbocycles. The van der Waals surface area contributed by atoms with E-state index in [0.29, 0.717) is 10.1 Å². The molecule has 29 heavy (non-hydrogen) atoms. The third-order valence-electron chi connectivity index (χ3n) is 5.03. The van der Waals surface area contributed by atoms with Crippen LogP contribution < -0.4 is 5.32 Å². The summed E-state index contributed by atoms with van der Waals surface area (Å²) in [4.78, 5) is 21.9. The number of carbonyl (C=O) groups is 1. The molecule has 1 fully saturated rings. The Labute approximate surface area is 174 Å². The highest BCUT2D eigenvalue weighted by Gasteiger charge is 2.24. The van der Waals surface area contributed by atoms with Crippen molar-refractivity contribution in [1.82, 2.24) is 14.9 Å². The summed E-state index contributed by atoms with van der Waals surface area (Å²) in [6.07, 6.45) is 5.52. The first-order valence-corrected chi connectivity index (χ1v) is 10.2. The van der Waals surface area contributed by atoms with Crippen LogP contribution in [0.3, 0.4) is 0 Å². The highest BCUT2D eigenvalue weighted by molar-refractivity contribution is 8.18. The zero-order valence-electron chi connectivity index (χ0n) is 16.9. The zero-order chi connectivity index (χ0) is 20.5. The smallest absolute Gasteiger partial charge is 0.264 e. The fourth-order valence-electron chi connectivity index (χ4n) is 3.35. The van der Waals surface area contributed by atoms with Crippen LogP contribution in [0, 0.1) is 27.7 Å². The van der Waals surface area contributed by atoms with Crippen LogP contribution in [0.5, 0.6) is 0 Å². The van der Waals surface area contributed by atoms with Gasteiger partial charge >= 0.3 is 0 Å². The number of nitrogens with one attached hydrogen (secondary N) is 1. The van der Waals surface area contributed by atoms with E-state index in [-0.39, 0.29) is 5.91 Å². The van der Waals surface area contributed by atoms with Crippen molar-refractivity contribution in [2.24, 2.45) is 4.99 Å². The number of aliphatic imine (C=N–C) groups is 1. The van der Waals surface area contributed by atoms with Crippen molar-refractivity contribution in [3.05, 3.63) is 81.8 Å². The summed E-state index contributed by atoms with van der Waals surface area (Å²) in [5, 5.41) is 3.47. The average Bonchev–Trinajstić information content (AvgIpc) is 3.17. The molecule has 6 heteroatoms. The fraction of sp³-hybridized carbons (Fsp3) is 0.174. The maximum absolute atomic E-state index is 12.5. The fourth-order valence-corrected chi connectivity index (χ4v) is 4.18. The molecule has 1 aromatic carbocycles. The van der Waals surface area contributed by atoms with Crippen LogP contribution in [-0.4, -0.2) is 20.6 Å². The lowest BCUT2D eigenvalue weighted by atomic mass is 10.1. The van der Waals surface area contributed by atoms with E-state index in [1.807, 2.05) is 49.5 Å². The minimum absolute atomic E-state index is 0.122. The quantitative estimate of drug-likeness (QED) is 0.628. The van der Waals surface area contributed by atoms with Gasteiger partial charge in [-0.1, -0.05) is 6.07 Å². The van der Waals surface area contributed by atoms with Gasteiger partial charge in [0.1, 0.15) is 0 Å². The lowest BCUT2D eigenvalue weighted by Crippen LogP contribution is -2.19. The van der Waals surface area contributed by atoms with Gasteiger partial charge in [0.05, 0.1) is 22.5 Å². The summed E-state index contributed by atoms with van der Waals surface area (Å²) in [7, 11) is 0. The minimum Gasteiger partial charge on any atom is -0.316 e. The number of rotatable bonds is 3. The van der Waals surface area contributed by atoms with Gasteiger partial charge in [-0.3, -0.25) is 9.78 Å². The Morgan fingerprint density at radius 2 is 1.93 bits per heavy atom. The van der Waals surface area contributed by atoms with Crippen molar-refractivity contribution < 1.29 is 4.79 Å². The largest absolute Gasteiger partial charge is 0.316 e. The average molecular weight is 403 g/mol. The number of amides is 1. The number of benzene rings is 1. The Hall–Kier alpha value is -3.12. The highest BCUT2D eigenvalue weighted by Crippen LogP contribution is 2.30. The Morgan fingerprint density at radius 3 is 2.66 bits per heavy atom. The first kappa shape index (κ1) is 19.2. The van der Waals surface area contributed by atoms with Gasteiger partial charge in [0.25, 0.3) is 5.91 Å². The number of nitrogens with zero attached hydrogens (tertiary/aromatic N) is 3. The van der Waals surface area contributed by atoms with Gasteiger partial charge in [0.2, 0.25) is 0 Å². The van der Waals surface area contributed by atoms with E-state index in [1.54, 1.807) is 6.20 Å². The molecule has 1 aliphatic rings. The summed E-state index contributed by atoms with van der Waals surface area (Å²) in [5.41, 5.74) is 7.42. The van der Waals surface area contributed by atoms with Gasteiger partial charge in [-0.2, -0.15) is 0 Å². The summed E-state index contributed by atoms with van der Waals surface area (Å²) in [6.45, 7) is 8.23. The number of carbonyl (C=O) groups excluding carboxylic acids is 1.